The van der Waals surface area contributed by atoms with Crippen LogP contribution < -0.4 is 5.32 Å². The fourth-order valence-electron chi connectivity index (χ4n) is 5.21. The van der Waals surface area contributed by atoms with Crippen LogP contribution in [0.25, 0.3) is 16.2 Å². The summed E-state index contributed by atoms with van der Waals surface area (Å²) in [5.74, 6) is -1.07. The Bertz CT molecular complexity index is 1850. The molecular formula is C30H24ClF3N4O3S2. The van der Waals surface area contributed by atoms with E-state index in [0.717, 1.165) is 34.3 Å². The van der Waals surface area contributed by atoms with E-state index in [1.165, 1.54) is 23.0 Å². The number of nitrogens with zero attached hydrogens (tertiary/aromatic N) is 3. The van der Waals surface area contributed by atoms with Crippen LogP contribution in [-0.2, 0) is 23.8 Å². The van der Waals surface area contributed by atoms with Gasteiger partial charge in [-0.3, -0.25) is 4.79 Å². The zero-order valence-electron chi connectivity index (χ0n) is 22.9. The fourth-order valence-corrected chi connectivity index (χ4v) is 7.52. The number of anilines is 1. The first-order valence-electron chi connectivity index (χ1n) is 13.4. The van der Waals surface area contributed by atoms with Crippen LogP contribution in [0.4, 0.5) is 18.2 Å². The van der Waals surface area contributed by atoms with Crippen LogP contribution in [0, 0.1) is 0 Å². The van der Waals surface area contributed by atoms with E-state index in [2.05, 4.69) is 27.5 Å². The second kappa shape index (κ2) is 11.4. The lowest BCUT2D eigenvalue weighted by Gasteiger charge is -2.23. The van der Waals surface area contributed by atoms with Gasteiger partial charge in [0, 0.05) is 10.9 Å². The van der Waals surface area contributed by atoms with E-state index in [1.807, 2.05) is 18.2 Å². The van der Waals surface area contributed by atoms with Crippen molar-refractivity contribution in [1.29, 1.82) is 0 Å². The molecule has 13 heteroatoms. The molecule has 0 fully saturated rings. The largest absolute Gasteiger partial charge is 0.459 e. The molecule has 1 amide bonds. The van der Waals surface area contributed by atoms with Crippen molar-refractivity contribution in [3.8, 4) is 10.6 Å². The molecule has 1 N–H and O–H groups in total. The molecule has 0 radical (unpaired) electrons. The van der Waals surface area contributed by atoms with Crippen molar-refractivity contribution < 1.29 is 27.5 Å². The molecule has 1 aliphatic carbocycles. The molecule has 4 aromatic heterocycles. The second-order valence-electron chi connectivity index (χ2n) is 10.4. The van der Waals surface area contributed by atoms with Gasteiger partial charge in [-0.1, -0.05) is 41.9 Å². The minimum absolute atomic E-state index is 0.0567. The summed E-state index contributed by atoms with van der Waals surface area (Å²) in [4.78, 5) is 32.4. The van der Waals surface area contributed by atoms with Crippen LogP contribution in [0.5, 0.6) is 0 Å². The van der Waals surface area contributed by atoms with Gasteiger partial charge in [0.2, 0.25) is 0 Å². The molecule has 7 nitrogen and oxygen atoms in total. The molecule has 222 valence electrons. The van der Waals surface area contributed by atoms with Crippen LogP contribution in [0.1, 0.15) is 68.7 Å². The van der Waals surface area contributed by atoms with E-state index >= 15 is 0 Å². The smallest absolute Gasteiger partial charge is 0.433 e. The number of alkyl halides is 3. The van der Waals surface area contributed by atoms with Crippen molar-refractivity contribution in [2.24, 2.45) is 0 Å². The highest BCUT2D eigenvalue weighted by molar-refractivity contribution is 7.19. The predicted octanol–water partition coefficient (Wildman–Crippen LogP) is 8.28. The topological polar surface area (TPSA) is 85.6 Å². The average Bonchev–Trinajstić information content (AvgIpc) is 3.67. The first-order chi connectivity index (χ1) is 20.5. The average molecular weight is 645 g/mol. The zero-order valence-corrected chi connectivity index (χ0v) is 25.3. The maximum Gasteiger partial charge on any atom is 0.433 e. The second-order valence-corrected chi connectivity index (χ2v) is 13.2. The van der Waals surface area contributed by atoms with Gasteiger partial charge < -0.3 is 10.1 Å². The number of nitrogens with one attached hydrogen (secondary N) is 1. The van der Waals surface area contributed by atoms with E-state index in [0.29, 0.717) is 26.6 Å². The molecule has 1 aromatic carbocycles. The molecule has 43 heavy (non-hydrogen) atoms. The molecule has 0 bridgehead atoms. The van der Waals surface area contributed by atoms with E-state index < -0.39 is 23.7 Å². The predicted molar refractivity (Wildman–Crippen MR) is 160 cm³/mol. The summed E-state index contributed by atoms with van der Waals surface area (Å²) in [5, 5.41) is 6.98. The Hall–Kier alpha value is -3.74. The van der Waals surface area contributed by atoms with Crippen LogP contribution in [0.15, 0.2) is 54.6 Å². The fraction of sp³-hybridized carbons (Fsp3) is 0.267. The third-order valence-electron chi connectivity index (χ3n) is 7.09. The van der Waals surface area contributed by atoms with Crippen molar-refractivity contribution in [2.45, 2.75) is 51.3 Å². The van der Waals surface area contributed by atoms with Crippen LogP contribution in [-0.4, -0.2) is 32.6 Å². The van der Waals surface area contributed by atoms with E-state index in [1.54, 1.807) is 26.0 Å². The van der Waals surface area contributed by atoms with Gasteiger partial charge in [-0.2, -0.15) is 18.3 Å². The molecule has 1 aliphatic rings. The molecular weight excluding hydrogens is 621 g/mol. The van der Waals surface area contributed by atoms with Crippen molar-refractivity contribution in [2.75, 3.05) is 5.32 Å². The third-order valence-corrected chi connectivity index (χ3v) is 9.51. The number of fused-ring (bicyclic) bond motifs is 2. The number of thiophene rings is 2. The summed E-state index contributed by atoms with van der Waals surface area (Å²) < 4.78 is 48.7. The molecule has 5 aromatic rings. The van der Waals surface area contributed by atoms with E-state index in [4.69, 9.17) is 16.3 Å². The molecule has 0 saturated carbocycles. The summed E-state index contributed by atoms with van der Waals surface area (Å²) in [5.41, 5.74) is 0.834. The highest BCUT2D eigenvalue weighted by atomic mass is 35.5. The quantitative estimate of drug-likeness (QED) is 0.188. The third kappa shape index (κ3) is 5.91. The minimum Gasteiger partial charge on any atom is -0.459 e. The van der Waals surface area contributed by atoms with Crippen LogP contribution in [0.2, 0.25) is 4.34 Å². The number of amides is 1. The number of hydrogen-bond donors (Lipinski definition) is 1. The summed E-state index contributed by atoms with van der Waals surface area (Å²) in [6.07, 6.45) is -3.03. The van der Waals surface area contributed by atoms with Gasteiger partial charge in [-0.05, 0) is 68.4 Å². The number of hydrogen-bond acceptors (Lipinski definition) is 7. The zero-order chi connectivity index (χ0) is 30.5. The van der Waals surface area contributed by atoms with Crippen molar-refractivity contribution in [1.82, 2.24) is 14.6 Å². The maximum atomic E-state index is 14.0. The lowest BCUT2D eigenvalue weighted by Crippen LogP contribution is -2.19. The molecule has 1 atom stereocenters. The first-order valence-corrected chi connectivity index (χ1v) is 15.4. The molecule has 6 rings (SSSR count). The van der Waals surface area contributed by atoms with E-state index in [9.17, 15) is 22.8 Å². The number of esters is 1. The van der Waals surface area contributed by atoms with Crippen LogP contribution >= 0.6 is 34.3 Å². The Morgan fingerprint density at radius 2 is 1.88 bits per heavy atom. The molecule has 0 aliphatic heterocycles. The molecule has 0 saturated heterocycles. The molecule has 0 unspecified atom stereocenters. The monoisotopic (exact) mass is 644 g/mol. The normalized spacial score (nSPS) is 15.1. The summed E-state index contributed by atoms with van der Waals surface area (Å²) in [6, 6.07) is 15.3. The Morgan fingerprint density at radius 1 is 1.12 bits per heavy atom. The van der Waals surface area contributed by atoms with Crippen LogP contribution in [0.3, 0.4) is 0 Å². The van der Waals surface area contributed by atoms with Gasteiger partial charge in [-0.25, -0.2) is 14.3 Å². The Morgan fingerprint density at radius 3 is 2.56 bits per heavy atom. The summed E-state index contributed by atoms with van der Waals surface area (Å²) >= 11 is 8.36. The lowest BCUT2D eigenvalue weighted by molar-refractivity contribution is -0.142. The summed E-state index contributed by atoms with van der Waals surface area (Å²) in [7, 11) is 0. The van der Waals surface area contributed by atoms with Gasteiger partial charge in [0.1, 0.15) is 5.00 Å². The number of carbonyl (C=O) groups is 2. The first kappa shape index (κ1) is 29.3. The van der Waals surface area contributed by atoms with Crippen molar-refractivity contribution >= 4 is 56.8 Å². The van der Waals surface area contributed by atoms with Gasteiger partial charge in [0.15, 0.2) is 17.0 Å². The minimum atomic E-state index is -4.77. The Kier molecular flexibility index (Phi) is 7.78. The number of ether oxygens (including phenoxy) is 1. The molecule has 4 heterocycles. The Labute approximate surface area is 257 Å². The number of aromatic nitrogens is 3. The van der Waals surface area contributed by atoms with E-state index in [-0.39, 0.29) is 39.6 Å². The van der Waals surface area contributed by atoms with Gasteiger partial charge in [0.05, 0.1) is 26.6 Å². The number of carbonyl (C=O) groups excluding carboxylic acids is 2. The van der Waals surface area contributed by atoms with Gasteiger partial charge in [0.25, 0.3) is 5.91 Å². The highest BCUT2D eigenvalue weighted by Crippen LogP contribution is 2.43. The Balaban J connectivity index is 1.36. The standard InChI is InChI=1S/C30H24ClF3N4O3S2/c1-15(2)41-29(40)26-18-9-8-17(16-6-4-3-5-7-16)12-22(18)43-28(26)36-27(39)20-14-25-35-19(21-10-11-24(31)42-21)13-23(30(32,33)34)38(25)37-20/h3-7,10-11,13-15,17H,8-9,12H2,1-2H3,(H,36,39)/t17-/m1/s1. The number of benzene rings is 1. The summed E-state index contributed by atoms with van der Waals surface area (Å²) in [6.45, 7) is 3.47. The molecule has 0 spiro atoms. The maximum absolute atomic E-state index is 14.0. The highest BCUT2D eigenvalue weighted by Gasteiger charge is 2.36. The van der Waals surface area contributed by atoms with Crippen molar-refractivity contribution in [3.63, 3.8) is 0 Å². The van der Waals surface area contributed by atoms with Crippen molar-refractivity contribution in [3.05, 3.63) is 91.9 Å². The number of rotatable bonds is 6. The number of halogens is 4. The van der Waals surface area contributed by atoms with Gasteiger partial charge in [-0.15, -0.1) is 22.7 Å². The SMILES string of the molecule is CC(C)OC(=O)c1c(NC(=O)c2cc3nc(-c4ccc(Cl)s4)cc(C(F)(F)F)n3n2)sc2c1CC[C@@H](c1ccccc1)C2. The lowest BCUT2D eigenvalue weighted by atomic mass is 9.83. The van der Waals surface area contributed by atoms with Gasteiger partial charge >= 0.3 is 12.1 Å².